The molecule has 5 nitrogen and oxygen atoms in total. The Morgan fingerprint density at radius 2 is 2.05 bits per heavy atom. The molecule has 4 unspecified atom stereocenters. The largest absolute Gasteiger partial charge is 0.456 e. The number of likely N-dealkylation sites (tertiary alicyclic amines) is 1. The van der Waals surface area contributed by atoms with Crippen LogP contribution in [0.15, 0.2) is 11.3 Å². The van der Waals surface area contributed by atoms with Gasteiger partial charge in [-0.05, 0) is 46.5 Å². The number of nitrogens with one attached hydrogen (secondary N) is 1. The normalized spacial score (nSPS) is 39.1. The highest BCUT2D eigenvalue weighted by Crippen LogP contribution is 2.43. The number of amides is 1. The van der Waals surface area contributed by atoms with E-state index in [2.05, 4.69) is 26.1 Å². The molecule has 3 aliphatic heterocycles. The molecule has 3 aliphatic rings. The molecule has 4 atom stereocenters. The van der Waals surface area contributed by atoms with E-state index in [9.17, 15) is 9.59 Å². The minimum Gasteiger partial charge on any atom is -0.456 e. The van der Waals surface area contributed by atoms with Crippen molar-refractivity contribution < 1.29 is 14.3 Å². The van der Waals surface area contributed by atoms with Gasteiger partial charge in [0.1, 0.15) is 6.61 Å². The van der Waals surface area contributed by atoms with E-state index in [1.807, 2.05) is 4.90 Å². The molecule has 0 aromatic heterocycles. The summed E-state index contributed by atoms with van der Waals surface area (Å²) < 4.78 is 5.08. The molecular formula is C17H26N2O3. The van der Waals surface area contributed by atoms with Crippen molar-refractivity contribution in [3.63, 3.8) is 0 Å². The van der Waals surface area contributed by atoms with E-state index in [4.69, 9.17) is 4.74 Å². The van der Waals surface area contributed by atoms with Crippen molar-refractivity contribution in [1.29, 1.82) is 0 Å². The average Bonchev–Trinajstić information content (AvgIpc) is 3.04. The monoisotopic (exact) mass is 306 g/mol. The highest BCUT2D eigenvalue weighted by atomic mass is 16.5. The number of esters is 1. The van der Waals surface area contributed by atoms with Crippen molar-refractivity contribution in [1.82, 2.24) is 10.2 Å². The fraction of sp³-hybridized carbons (Fsp3) is 0.765. The smallest absolute Gasteiger partial charge is 0.336 e. The molecule has 0 spiro atoms. The Bertz CT molecular complexity index is 542. The Kier molecular flexibility index (Phi) is 3.79. The fourth-order valence-electron chi connectivity index (χ4n) is 4.32. The number of hydrogen-bond acceptors (Lipinski definition) is 4. The van der Waals surface area contributed by atoms with E-state index in [0.29, 0.717) is 17.7 Å². The second-order valence-corrected chi connectivity index (χ2v) is 7.48. The van der Waals surface area contributed by atoms with Crippen molar-refractivity contribution in [3.05, 3.63) is 11.3 Å². The first kappa shape index (κ1) is 15.5. The summed E-state index contributed by atoms with van der Waals surface area (Å²) in [6.07, 6.45) is 4.03. The molecule has 122 valence electrons. The fourth-order valence-corrected chi connectivity index (χ4v) is 4.32. The van der Waals surface area contributed by atoms with Gasteiger partial charge in [-0.3, -0.25) is 4.79 Å². The number of ether oxygens (including phenoxy) is 1. The van der Waals surface area contributed by atoms with Gasteiger partial charge in [0, 0.05) is 18.1 Å². The molecule has 2 fully saturated rings. The Balaban J connectivity index is 1.79. The van der Waals surface area contributed by atoms with Gasteiger partial charge in [-0.15, -0.1) is 0 Å². The van der Waals surface area contributed by atoms with Crippen molar-refractivity contribution in [2.24, 2.45) is 5.41 Å². The molecule has 0 aromatic rings. The summed E-state index contributed by atoms with van der Waals surface area (Å²) in [7, 11) is 0. The zero-order valence-corrected chi connectivity index (χ0v) is 13.9. The molecule has 5 heteroatoms. The lowest BCUT2D eigenvalue weighted by Gasteiger charge is -2.27. The second-order valence-electron chi connectivity index (χ2n) is 7.48. The van der Waals surface area contributed by atoms with Crippen molar-refractivity contribution in [2.75, 3.05) is 6.61 Å². The molecule has 1 amide bonds. The molecule has 0 aromatic carbocycles. The summed E-state index contributed by atoms with van der Waals surface area (Å²) in [5, 5.41) is 3.58. The summed E-state index contributed by atoms with van der Waals surface area (Å²) in [6, 6.07) is 1.09. The van der Waals surface area contributed by atoms with E-state index >= 15 is 0 Å². The predicted molar refractivity (Wildman–Crippen MR) is 82.9 cm³/mol. The summed E-state index contributed by atoms with van der Waals surface area (Å²) in [6.45, 7) is 8.32. The first-order chi connectivity index (χ1) is 10.3. The molecular weight excluding hydrogens is 280 g/mol. The van der Waals surface area contributed by atoms with E-state index < -0.39 is 0 Å². The summed E-state index contributed by atoms with van der Waals surface area (Å²) in [5.74, 6) is -0.149. The molecule has 3 heterocycles. The number of carbonyl (C=O) groups is 2. The van der Waals surface area contributed by atoms with Crippen LogP contribution in [0.1, 0.15) is 53.4 Å². The van der Waals surface area contributed by atoms with Crippen LogP contribution in [-0.2, 0) is 14.3 Å². The van der Waals surface area contributed by atoms with Gasteiger partial charge in [0.05, 0.1) is 16.7 Å². The Morgan fingerprint density at radius 3 is 2.59 bits per heavy atom. The van der Waals surface area contributed by atoms with E-state index in [1.165, 1.54) is 6.42 Å². The van der Waals surface area contributed by atoms with Gasteiger partial charge in [0.2, 0.25) is 5.91 Å². The van der Waals surface area contributed by atoms with Crippen molar-refractivity contribution in [3.8, 4) is 0 Å². The molecule has 3 rings (SSSR count). The molecule has 1 N–H and O–H groups in total. The summed E-state index contributed by atoms with van der Waals surface area (Å²) in [4.78, 5) is 26.5. The number of cyclic esters (lactones) is 1. The summed E-state index contributed by atoms with van der Waals surface area (Å²) >= 11 is 0. The van der Waals surface area contributed by atoms with Gasteiger partial charge < -0.3 is 15.0 Å². The Hall–Kier alpha value is -1.36. The number of carbonyl (C=O) groups excluding carboxylic acids is 2. The summed E-state index contributed by atoms with van der Waals surface area (Å²) in [5.41, 5.74) is 0.996. The van der Waals surface area contributed by atoms with E-state index in [0.717, 1.165) is 25.0 Å². The van der Waals surface area contributed by atoms with E-state index in [-0.39, 0.29) is 29.9 Å². The Labute approximate surface area is 132 Å². The van der Waals surface area contributed by atoms with Crippen LogP contribution in [-0.4, -0.2) is 41.5 Å². The van der Waals surface area contributed by atoms with Gasteiger partial charge in [-0.2, -0.15) is 0 Å². The topological polar surface area (TPSA) is 58.6 Å². The third-order valence-electron chi connectivity index (χ3n) is 5.46. The van der Waals surface area contributed by atoms with Gasteiger partial charge >= 0.3 is 5.97 Å². The quantitative estimate of drug-likeness (QED) is 0.810. The van der Waals surface area contributed by atoms with Crippen LogP contribution in [0, 0.1) is 5.41 Å². The number of rotatable bonds is 3. The van der Waals surface area contributed by atoms with Crippen LogP contribution in [0.3, 0.4) is 0 Å². The first-order valence-electron chi connectivity index (χ1n) is 8.28. The molecule has 0 aliphatic carbocycles. The van der Waals surface area contributed by atoms with Crippen LogP contribution in [0.4, 0.5) is 0 Å². The zero-order valence-electron chi connectivity index (χ0n) is 13.9. The average molecular weight is 306 g/mol. The predicted octanol–water partition coefficient (Wildman–Crippen LogP) is 1.97. The minimum absolute atomic E-state index is 0.121. The maximum atomic E-state index is 13.0. The molecule has 22 heavy (non-hydrogen) atoms. The van der Waals surface area contributed by atoms with Crippen LogP contribution < -0.4 is 5.32 Å². The van der Waals surface area contributed by atoms with Crippen LogP contribution in [0.25, 0.3) is 0 Å². The van der Waals surface area contributed by atoms with Crippen LogP contribution in [0.2, 0.25) is 0 Å². The molecule has 0 radical (unpaired) electrons. The molecule has 2 saturated heterocycles. The van der Waals surface area contributed by atoms with Crippen molar-refractivity contribution in [2.45, 2.75) is 71.5 Å². The van der Waals surface area contributed by atoms with Gasteiger partial charge in [-0.25, -0.2) is 4.79 Å². The third kappa shape index (κ3) is 2.45. The Morgan fingerprint density at radius 1 is 1.32 bits per heavy atom. The lowest BCUT2D eigenvalue weighted by atomic mass is 9.80. The lowest BCUT2D eigenvalue weighted by molar-refractivity contribution is -0.137. The molecule has 0 saturated carbocycles. The van der Waals surface area contributed by atoms with Crippen LogP contribution in [0.5, 0.6) is 0 Å². The maximum Gasteiger partial charge on any atom is 0.336 e. The third-order valence-corrected chi connectivity index (χ3v) is 5.46. The van der Waals surface area contributed by atoms with Gasteiger partial charge in [0.15, 0.2) is 0 Å². The second kappa shape index (κ2) is 5.37. The number of hydrogen-bond donors (Lipinski definition) is 1. The maximum absolute atomic E-state index is 13.0. The van der Waals surface area contributed by atoms with Crippen molar-refractivity contribution >= 4 is 11.9 Å². The SMILES string of the molecule is CC1=C(N2C(=O)C(C)(CC3CCC(C)N3)CC2C)COC1=O. The highest BCUT2D eigenvalue weighted by Gasteiger charge is 2.50. The number of nitrogens with zero attached hydrogens (tertiary/aromatic N) is 1. The lowest BCUT2D eigenvalue weighted by Crippen LogP contribution is -2.39. The van der Waals surface area contributed by atoms with E-state index in [1.54, 1.807) is 6.92 Å². The van der Waals surface area contributed by atoms with Gasteiger partial charge in [0.25, 0.3) is 0 Å². The standard InChI is InChI=1S/C17H26N2O3/c1-10-5-6-13(18-10)8-17(4)7-11(2)19(16(17)21)14-9-22-15(20)12(14)3/h10-11,13,18H,5-9H2,1-4H3. The van der Waals surface area contributed by atoms with Gasteiger partial charge in [-0.1, -0.05) is 6.92 Å². The highest BCUT2D eigenvalue weighted by molar-refractivity contribution is 5.94. The zero-order chi connectivity index (χ0) is 16.1. The van der Waals surface area contributed by atoms with Crippen LogP contribution >= 0.6 is 0 Å². The molecule has 0 bridgehead atoms. The first-order valence-corrected chi connectivity index (χ1v) is 8.28. The minimum atomic E-state index is -0.347.